The molecule has 0 spiro atoms. The first-order valence-corrected chi connectivity index (χ1v) is 7.71. The van der Waals surface area contributed by atoms with Crippen molar-refractivity contribution < 1.29 is 0 Å². The number of rotatable bonds is 9. The SMILES string of the molecule is CCCCCN(CCNC1CCCC1)C(C)C. The molecule has 1 aliphatic carbocycles. The van der Waals surface area contributed by atoms with Crippen LogP contribution in [0.5, 0.6) is 0 Å². The van der Waals surface area contributed by atoms with Crippen molar-refractivity contribution in [2.75, 3.05) is 19.6 Å². The highest BCUT2D eigenvalue weighted by molar-refractivity contribution is 4.74. The topological polar surface area (TPSA) is 15.3 Å². The molecule has 102 valence electrons. The highest BCUT2D eigenvalue weighted by atomic mass is 15.2. The lowest BCUT2D eigenvalue weighted by Crippen LogP contribution is -2.39. The van der Waals surface area contributed by atoms with E-state index >= 15 is 0 Å². The third-order valence-electron chi connectivity index (χ3n) is 3.97. The average molecular weight is 240 g/mol. The van der Waals surface area contributed by atoms with Gasteiger partial charge in [-0.05, 0) is 39.7 Å². The Labute approximate surface area is 108 Å². The van der Waals surface area contributed by atoms with E-state index in [9.17, 15) is 0 Å². The number of hydrogen-bond acceptors (Lipinski definition) is 2. The predicted molar refractivity (Wildman–Crippen MR) is 76.5 cm³/mol. The molecular weight excluding hydrogens is 208 g/mol. The summed E-state index contributed by atoms with van der Waals surface area (Å²) >= 11 is 0. The van der Waals surface area contributed by atoms with Gasteiger partial charge in [0, 0.05) is 25.2 Å². The van der Waals surface area contributed by atoms with Crippen LogP contribution in [0, 0.1) is 0 Å². The van der Waals surface area contributed by atoms with Crippen molar-refractivity contribution in [2.45, 2.75) is 77.8 Å². The minimum absolute atomic E-state index is 0.692. The maximum Gasteiger partial charge on any atom is 0.0110 e. The number of unbranched alkanes of at least 4 members (excludes halogenated alkanes) is 2. The van der Waals surface area contributed by atoms with Gasteiger partial charge in [0.1, 0.15) is 0 Å². The Morgan fingerprint density at radius 1 is 1.12 bits per heavy atom. The molecule has 0 unspecified atom stereocenters. The predicted octanol–water partition coefficient (Wildman–Crippen LogP) is 3.42. The van der Waals surface area contributed by atoms with E-state index in [-0.39, 0.29) is 0 Å². The highest BCUT2D eigenvalue weighted by Crippen LogP contribution is 2.17. The average Bonchev–Trinajstić information content (AvgIpc) is 2.80. The molecule has 2 nitrogen and oxygen atoms in total. The zero-order valence-electron chi connectivity index (χ0n) is 12.2. The van der Waals surface area contributed by atoms with E-state index in [1.54, 1.807) is 0 Å². The summed E-state index contributed by atoms with van der Waals surface area (Å²) < 4.78 is 0. The van der Waals surface area contributed by atoms with Gasteiger partial charge in [-0.15, -0.1) is 0 Å². The Morgan fingerprint density at radius 3 is 2.41 bits per heavy atom. The highest BCUT2D eigenvalue weighted by Gasteiger charge is 2.14. The van der Waals surface area contributed by atoms with Crippen LogP contribution in [-0.4, -0.2) is 36.6 Å². The Bertz CT molecular complexity index is 174. The van der Waals surface area contributed by atoms with E-state index in [0.29, 0.717) is 6.04 Å². The van der Waals surface area contributed by atoms with Gasteiger partial charge in [-0.3, -0.25) is 4.90 Å². The van der Waals surface area contributed by atoms with Crippen molar-refractivity contribution in [1.82, 2.24) is 10.2 Å². The van der Waals surface area contributed by atoms with E-state index in [1.165, 1.54) is 64.6 Å². The van der Waals surface area contributed by atoms with Gasteiger partial charge in [-0.1, -0.05) is 32.6 Å². The lowest BCUT2D eigenvalue weighted by molar-refractivity contribution is 0.215. The van der Waals surface area contributed by atoms with Crippen LogP contribution in [0.15, 0.2) is 0 Å². The van der Waals surface area contributed by atoms with Crippen molar-refractivity contribution in [3.05, 3.63) is 0 Å². The van der Waals surface area contributed by atoms with Crippen molar-refractivity contribution >= 4 is 0 Å². The van der Waals surface area contributed by atoms with Crippen molar-refractivity contribution in [3.8, 4) is 0 Å². The van der Waals surface area contributed by atoms with Crippen molar-refractivity contribution in [3.63, 3.8) is 0 Å². The van der Waals surface area contributed by atoms with Crippen molar-refractivity contribution in [1.29, 1.82) is 0 Å². The zero-order valence-corrected chi connectivity index (χ0v) is 12.2. The van der Waals surface area contributed by atoms with E-state index in [1.807, 2.05) is 0 Å². The summed E-state index contributed by atoms with van der Waals surface area (Å²) in [7, 11) is 0. The normalized spacial score (nSPS) is 17.5. The van der Waals surface area contributed by atoms with Gasteiger partial charge in [-0.25, -0.2) is 0 Å². The summed E-state index contributed by atoms with van der Waals surface area (Å²) in [4.78, 5) is 2.62. The van der Waals surface area contributed by atoms with Crippen LogP contribution in [0.25, 0.3) is 0 Å². The lowest BCUT2D eigenvalue weighted by atomic mass is 10.2. The fourth-order valence-corrected chi connectivity index (χ4v) is 2.74. The molecule has 0 aromatic carbocycles. The maximum absolute atomic E-state index is 3.72. The fourth-order valence-electron chi connectivity index (χ4n) is 2.74. The molecule has 0 radical (unpaired) electrons. The van der Waals surface area contributed by atoms with Gasteiger partial charge in [0.15, 0.2) is 0 Å². The first-order valence-electron chi connectivity index (χ1n) is 7.71. The van der Waals surface area contributed by atoms with Gasteiger partial charge in [0.05, 0.1) is 0 Å². The molecule has 1 fully saturated rings. The lowest BCUT2D eigenvalue weighted by Gasteiger charge is -2.27. The minimum Gasteiger partial charge on any atom is -0.313 e. The molecule has 1 N–H and O–H groups in total. The fraction of sp³-hybridized carbons (Fsp3) is 1.00. The summed E-state index contributed by atoms with van der Waals surface area (Å²) in [6, 6.07) is 1.51. The monoisotopic (exact) mass is 240 g/mol. The van der Waals surface area contributed by atoms with E-state index < -0.39 is 0 Å². The molecule has 0 aromatic heterocycles. The molecule has 0 amide bonds. The van der Waals surface area contributed by atoms with Gasteiger partial charge >= 0.3 is 0 Å². The molecule has 2 heteroatoms. The Kier molecular flexibility index (Phi) is 7.87. The molecular formula is C15H32N2. The summed E-state index contributed by atoms with van der Waals surface area (Å²) in [6.45, 7) is 10.6. The molecule has 1 saturated carbocycles. The van der Waals surface area contributed by atoms with E-state index in [2.05, 4.69) is 31.0 Å². The largest absolute Gasteiger partial charge is 0.313 e. The third kappa shape index (κ3) is 6.42. The van der Waals surface area contributed by atoms with Gasteiger partial charge in [-0.2, -0.15) is 0 Å². The molecule has 0 atom stereocenters. The molecule has 0 saturated heterocycles. The quantitative estimate of drug-likeness (QED) is 0.621. The first-order chi connectivity index (χ1) is 8.24. The summed E-state index contributed by atoms with van der Waals surface area (Å²) in [5.41, 5.74) is 0. The maximum atomic E-state index is 3.72. The second-order valence-electron chi connectivity index (χ2n) is 5.77. The smallest absolute Gasteiger partial charge is 0.0110 e. The van der Waals surface area contributed by atoms with Crippen LogP contribution in [0.1, 0.15) is 65.7 Å². The number of nitrogens with one attached hydrogen (secondary N) is 1. The second-order valence-corrected chi connectivity index (χ2v) is 5.77. The Balaban J connectivity index is 2.10. The first kappa shape index (κ1) is 15.0. The second kappa shape index (κ2) is 8.93. The third-order valence-corrected chi connectivity index (χ3v) is 3.97. The van der Waals surface area contributed by atoms with Crippen LogP contribution in [0.2, 0.25) is 0 Å². The summed E-state index contributed by atoms with van der Waals surface area (Å²) in [5.74, 6) is 0. The Hall–Kier alpha value is -0.0800. The number of hydrogen-bond donors (Lipinski definition) is 1. The van der Waals surface area contributed by atoms with Crippen LogP contribution >= 0.6 is 0 Å². The van der Waals surface area contributed by atoms with Crippen LogP contribution in [0.4, 0.5) is 0 Å². The van der Waals surface area contributed by atoms with Crippen LogP contribution in [-0.2, 0) is 0 Å². The molecule has 1 aliphatic rings. The van der Waals surface area contributed by atoms with Gasteiger partial charge in [0.2, 0.25) is 0 Å². The molecule has 1 rings (SSSR count). The van der Waals surface area contributed by atoms with Crippen molar-refractivity contribution in [2.24, 2.45) is 0 Å². The van der Waals surface area contributed by atoms with E-state index in [0.717, 1.165) is 6.04 Å². The minimum atomic E-state index is 0.692. The zero-order chi connectivity index (χ0) is 12.5. The molecule has 0 aromatic rings. The van der Waals surface area contributed by atoms with Gasteiger partial charge in [0.25, 0.3) is 0 Å². The van der Waals surface area contributed by atoms with Crippen LogP contribution in [0.3, 0.4) is 0 Å². The summed E-state index contributed by atoms with van der Waals surface area (Å²) in [5, 5.41) is 3.72. The standard InChI is InChI=1S/C15H32N2/c1-4-5-8-12-17(14(2)3)13-11-16-15-9-6-7-10-15/h14-16H,4-13H2,1-3H3. The molecule has 17 heavy (non-hydrogen) atoms. The van der Waals surface area contributed by atoms with E-state index in [4.69, 9.17) is 0 Å². The number of nitrogens with zero attached hydrogens (tertiary/aromatic N) is 1. The molecule has 0 heterocycles. The van der Waals surface area contributed by atoms with Gasteiger partial charge < -0.3 is 5.32 Å². The molecule has 0 bridgehead atoms. The Morgan fingerprint density at radius 2 is 1.82 bits per heavy atom. The molecule has 0 aliphatic heterocycles. The van der Waals surface area contributed by atoms with Crippen LogP contribution < -0.4 is 5.32 Å². The summed E-state index contributed by atoms with van der Waals surface area (Å²) in [6.07, 6.45) is 9.72.